The van der Waals surface area contributed by atoms with Crippen molar-refractivity contribution in [3.63, 3.8) is 0 Å². The van der Waals surface area contributed by atoms with Crippen LogP contribution in [0.3, 0.4) is 0 Å². The van der Waals surface area contributed by atoms with Crippen molar-refractivity contribution in [2.24, 2.45) is 0 Å². The van der Waals surface area contributed by atoms with Crippen LogP contribution in [-0.2, 0) is 5.33 Å². The van der Waals surface area contributed by atoms with Gasteiger partial charge in [-0.1, -0.05) is 37.9 Å². The highest BCUT2D eigenvalue weighted by Gasteiger charge is 2.06. The predicted molar refractivity (Wildman–Crippen MR) is 86.0 cm³/mol. The summed E-state index contributed by atoms with van der Waals surface area (Å²) in [5, 5.41) is 9.63. The summed E-state index contributed by atoms with van der Waals surface area (Å²) >= 11 is 7.03. The summed E-state index contributed by atoms with van der Waals surface area (Å²) in [6.45, 7) is 0. The number of benzene rings is 2. The Bertz CT molecular complexity index is 615. The quantitative estimate of drug-likeness (QED) is 0.703. The molecule has 0 aliphatic rings. The molecule has 0 saturated heterocycles. The lowest BCUT2D eigenvalue weighted by atomic mass is 10.2. The van der Waals surface area contributed by atoms with E-state index in [0.717, 1.165) is 21.2 Å². The van der Waals surface area contributed by atoms with E-state index in [1.807, 2.05) is 31.3 Å². The summed E-state index contributed by atoms with van der Waals surface area (Å²) < 4.78 is 1.09. The van der Waals surface area contributed by atoms with Crippen molar-refractivity contribution < 1.29 is 0 Å². The minimum atomic E-state index is 0.674. The number of anilines is 2. The smallest absolute Gasteiger partial charge is 0.0991 e. The van der Waals surface area contributed by atoms with Crippen LogP contribution in [0.25, 0.3) is 0 Å². The van der Waals surface area contributed by atoms with E-state index < -0.39 is 0 Å². The number of nitriles is 1. The molecular weight excluding hydrogens is 368 g/mol. The first kappa shape index (κ1) is 14.1. The summed E-state index contributed by atoms with van der Waals surface area (Å²) in [6.07, 6.45) is 0. The van der Waals surface area contributed by atoms with Gasteiger partial charge in [-0.15, -0.1) is 0 Å². The molecule has 2 rings (SSSR count). The highest BCUT2D eigenvalue weighted by molar-refractivity contribution is 9.10. The minimum Gasteiger partial charge on any atom is -0.345 e. The fourth-order valence-electron chi connectivity index (χ4n) is 1.76. The Morgan fingerprint density at radius 1 is 1.11 bits per heavy atom. The summed E-state index contributed by atoms with van der Waals surface area (Å²) in [5.74, 6) is 0. The SMILES string of the molecule is CN(c1ccc(C#N)cc1)c1ccc(CBr)c(Br)c1. The van der Waals surface area contributed by atoms with Crippen molar-refractivity contribution in [3.8, 4) is 6.07 Å². The lowest BCUT2D eigenvalue weighted by Crippen LogP contribution is -2.09. The van der Waals surface area contributed by atoms with Crippen LogP contribution in [0.2, 0.25) is 0 Å². The van der Waals surface area contributed by atoms with Crippen molar-refractivity contribution >= 4 is 43.2 Å². The fraction of sp³-hybridized carbons (Fsp3) is 0.133. The van der Waals surface area contributed by atoms with Gasteiger partial charge < -0.3 is 4.90 Å². The topological polar surface area (TPSA) is 27.0 Å². The zero-order valence-electron chi connectivity index (χ0n) is 10.4. The molecule has 0 unspecified atom stereocenters. The van der Waals surface area contributed by atoms with Crippen molar-refractivity contribution in [2.75, 3.05) is 11.9 Å². The monoisotopic (exact) mass is 378 g/mol. The van der Waals surface area contributed by atoms with E-state index in [2.05, 4.69) is 61.0 Å². The molecule has 2 nitrogen and oxygen atoms in total. The highest BCUT2D eigenvalue weighted by atomic mass is 79.9. The van der Waals surface area contributed by atoms with Crippen molar-refractivity contribution in [2.45, 2.75) is 5.33 Å². The van der Waals surface area contributed by atoms with Gasteiger partial charge in [0.25, 0.3) is 0 Å². The number of alkyl halides is 1. The average Bonchev–Trinajstić information content (AvgIpc) is 2.46. The number of nitrogens with zero attached hydrogens (tertiary/aromatic N) is 2. The van der Waals surface area contributed by atoms with Gasteiger partial charge in [-0.25, -0.2) is 0 Å². The largest absolute Gasteiger partial charge is 0.345 e. The van der Waals surface area contributed by atoms with E-state index in [0.29, 0.717) is 5.56 Å². The fourth-order valence-corrected chi connectivity index (χ4v) is 3.13. The van der Waals surface area contributed by atoms with Gasteiger partial charge in [0.05, 0.1) is 11.6 Å². The van der Waals surface area contributed by atoms with Crippen LogP contribution in [0.4, 0.5) is 11.4 Å². The second kappa shape index (κ2) is 6.23. The molecule has 0 amide bonds. The Labute approximate surface area is 129 Å². The Hall–Kier alpha value is -1.31. The van der Waals surface area contributed by atoms with Gasteiger partial charge >= 0.3 is 0 Å². The zero-order chi connectivity index (χ0) is 13.8. The summed E-state index contributed by atoms with van der Waals surface area (Å²) in [4.78, 5) is 2.09. The molecule has 2 aromatic carbocycles. The normalized spacial score (nSPS) is 10.0. The van der Waals surface area contributed by atoms with E-state index in [1.165, 1.54) is 5.56 Å². The maximum atomic E-state index is 8.80. The van der Waals surface area contributed by atoms with Gasteiger partial charge in [0.2, 0.25) is 0 Å². The summed E-state index contributed by atoms with van der Waals surface area (Å²) in [5.41, 5.74) is 4.05. The second-order valence-electron chi connectivity index (χ2n) is 4.13. The van der Waals surface area contributed by atoms with Crippen LogP contribution in [0.15, 0.2) is 46.9 Å². The molecule has 19 heavy (non-hydrogen) atoms. The van der Waals surface area contributed by atoms with Crippen molar-refractivity contribution in [3.05, 3.63) is 58.1 Å². The van der Waals surface area contributed by atoms with Crippen LogP contribution in [-0.4, -0.2) is 7.05 Å². The van der Waals surface area contributed by atoms with Crippen molar-refractivity contribution in [1.29, 1.82) is 5.26 Å². The number of hydrogen-bond donors (Lipinski definition) is 0. The first-order chi connectivity index (χ1) is 9.15. The third-order valence-electron chi connectivity index (χ3n) is 2.95. The Morgan fingerprint density at radius 2 is 1.74 bits per heavy atom. The molecule has 0 N–H and O–H groups in total. The standard InChI is InChI=1S/C15H12Br2N2/c1-19(13-5-2-11(10-18)3-6-13)14-7-4-12(9-16)15(17)8-14/h2-8H,9H2,1H3. The van der Waals surface area contributed by atoms with Crippen LogP contribution in [0, 0.1) is 11.3 Å². The minimum absolute atomic E-state index is 0.674. The molecule has 0 radical (unpaired) electrons. The van der Waals surface area contributed by atoms with Gasteiger partial charge in [-0.2, -0.15) is 5.26 Å². The molecule has 0 aromatic heterocycles. The van der Waals surface area contributed by atoms with Crippen LogP contribution in [0.5, 0.6) is 0 Å². The molecule has 2 aromatic rings. The van der Waals surface area contributed by atoms with Crippen LogP contribution >= 0.6 is 31.9 Å². The zero-order valence-corrected chi connectivity index (χ0v) is 13.6. The molecule has 0 spiro atoms. The lowest BCUT2D eigenvalue weighted by molar-refractivity contribution is 1.20. The maximum Gasteiger partial charge on any atom is 0.0991 e. The van der Waals surface area contributed by atoms with Crippen LogP contribution < -0.4 is 4.90 Å². The molecule has 4 heteroatoms. The Morgan fingerprint density at radius 3 is 2.26 bits per heavy atom. The number of hydrogen-bond acceptors (Lipinski definition) is 2. The van der Waals surface area contributed by atoms with E-state index in [1.54, 1.807) is 0 Å². The lowest BCUT2D eigenvalue weighted by Gasteiger charge is -2.20. The molecule has 0 atom stereocenters. The second-order valence-corrected chi connectivity index (χ2v) is 5.54. The number of halogens is 2. The molecule has 0 saturated carbocycles. The average molecular weight is 380 g/mol. The van der Waals surface area contributed by atoms with E-state index in [-0.39, 0.29) is 0 Å². The molecule has 96 valence electrons. The highest BCUT2D eigenvalue weighted by Crippen LogP contribution is 2.29. The molecule has 0 fully saturated rings. The van der Waals surface area contributed by atoms with Gasteiger partial charge in [0.1, 0.15) is 0 Å². The molecule has 0 aliphatic carbocycles. The van der Waals surface area contributed by atoms with Gasteiger partial charge in [0.15, 0.2) is 0 Å². The predicted octanol–water partition coefficient (Wildman–Crippen LogP) is 4.98. The molecule has 0 aliphatic heterocycles. The maximum absolute atomic E-state index is 8.80. The Balaban J connectivity index is 2.30. The Kier molecular flexibility index (Phi) is 4.62. The van der Waals surface area contributed by atoms with Gasteiger partial charge in [0, 0.05) is 28.2 Å². The third-order valence-corrected chi connectivity index (χ3v) is 4.29. The summed E-state index contributed by atoms with van der Waals surface area (Å²) in [7, 11) is 2.01. The van der Waals surface area contributed by atoms with Crippen LogP contribution in [0.1, 0.15) is 11.1 Å². The number of rotatable bonds is 3. The van der Waals surface area contributed by atoms with E-state index >= 15 is 0 Å². The molecule has 0 bridgehead atoms. The first-order valence-corrected chi connectivity index (χ1v) is 7.65. The van der Waals surface area contributed by atoms with Crippen molar-refractivity contribution in [1.82, 2.24) is 0 Å². The third kappa shape index (κ3) is 3.17. The molecule has 0 heterocycles. The van der Waals surface area contributed by atoms with E-state index in [4.69, 9.17) is 5.26 Å². The molecular formula is C15H12Br2N2. The van der Waals surface area contributed by atoms with Gasteiger partial charge in [-0.3, -0.25) is 0 Å². The first-order valence-electron chi connectivity index (χ1n) is 5.74. The van der Waals surface area contributed by atoms with E-state index in [9.17, 15) is 0 Å². The van der Waals surface area contributed by atoms with Gasteiger partial charge in [-0.05, 0) is 42.0 Å². The summed E-state index contributed by atoms with van der Waals surface area (Å²) in [6, 6.07) is 15.9.